The third-order valence-corrected chi connectivity index (χ3v) is 7.20. The van der Waals surface area contributed by atoms with E-state index in [1.165, 1.54) is 11.8 Å². The molecule has 0 radical (unpaired) electrons. The number of amides is 2. The third kappa shape index (κ3) is 6.20. The Hall–Kier alpha value is -4.19. The Morgan fingerprint density at radius 2 is 1.74 bits per heavy atom. The molecule has 0 saturated carbocycles. The van der Waals surface area contributed by atoms with E-state index in [9.17, 15) is 14.9 Å². The highest BCUT2D eigenvalue weighted by molar-refractivity contribution is 8.03. The lowest BCUT2D eigenvalue weighted by Crippen LogP contribution is -2.31. The molecule has 1 heterocycles. The van der Waals surface area contributed by atoms with Crippen LogP contribution in [0.25, 0.3) is 0 Å². The van der Waals surface area contributed by atoms with E-state index < -0.39 is 5.92 Å². The van der Waals surface area contributed by atoms with Crippen LogP contribution in [0.3, 0.4) is 0 Å². The van der Waals surface area contributed by atoms with Gasteiger partial charge >= 0.3 is 0 Å². The standard InChI is InChI=1S/C29H25ClN4O3S/c1-18-26(28(36)34-19-9-4-3-5-10-19)27(22-13-6-7-14-24(22)30)23(16-31)29(32-18)38-17-25(35)33-20-11-8-12-21(15-20)37-2/h3-15,27,32H,17H2,1-2H3,(H,33,35)(H,34,36)/t27-/m0/s1. The van der Waals surface area contributed by atoms with Crippen molar-refractivity contribution in [2.24, 2.45) is 0 Å². The number of nitrogens with zero attached hydrogens (tertiary/aromatic N) is 1. The van der Waals surface area contributed by atoms with Crippen molar-refractivity contribution in [3.8, 4) is 11.8 Å². The zero-order valence-corrected chi connectivity index (χ0v) is 22.3. The molecule has 0 spiro atoms. The second kappa shape index (κ2) is 12.4. The van der Waals surface area contributed by atoms with Crippen LogP contribution in [-0.2, 0) is 9.59 Å². The van der Waals surface area contributed by atoms with Gasteiger partial charge in [-0.2, -0.15) is 5.26 Å². The second-order valence-corrected chi connectivity index (χ2v) is 9.75. The van der Waals surface area contributed by atoms with Crippen LogP contribution in [0.2, 0.25) is 5.02 Å². The van der Waals surface area contributed by atoms with E-state index in [4.69, 9.17) is 16.3 Å². The van der Waals surface area contributed by atoms with Crippen LogP contribution in [0.15, 0.2) is 101 Å². The minimum absolute atomic E-state index is 0.0405. The van der Waals surface area contributed by atoms with E-state index in [1.54, 1.807) is 68.6 Å². The van der Waals surface area contributed by atoms with Gasteiger partial charge in [-0.05, 0) is 42.8 Å². The van der Waals surface area contributed by atoms with E-state index in [2.05, 4.69) is 22.0 Å². The maximum absolute atomic E-state index is 13.5. The number of hydrogen-bond acceptors (Lipinski definition) is 6. The number of carbonyl (C=O) groups excluding carboxylic acids is 2. The summed E-state index contributed by atoms with van der Waals surface area (Å²) in [6.45, 7) is 1.77. The molecular formula is C29H25ClN4O3S. The van der Waals surface area contributed by atoms with Crippen molar-refractivity contribution in [2.75, 3.05) is 23.5 Å². The summed E-state index contributed by atoms with van der Waals surface area (Å²) in [5.74, 6) is -0.651. The Labute approximate surface area is 230 Å². The molecule has 3 N–H and O–H groups in total. The summed E-state index contributed by atoms with van der Waals surface area (Å²) < 4.78 is 5.20. The Morgan fingerprint density at radius 3 is 2.45 bits per heavy atom. The van der Waals surface area contributed by atoms with Crippen LogP contribution in [0.4, 0.5) is 11.4 Å². The first-order valence-electron chi connectivity index (χ1n) is 11.7. The number of ether oxygens (including phenoxy) is 1. The molecule has 0 fully saturated rings. The predicted molar refractivity (Wildman–Crippen MR) is 152 cm³/mol. The Balaban J connectivity index is 1.62. The molecule has 4 rings (SSSR count). The van der Waals surface area contributed by atoms with Crippen molar-refractivity contribution in [3.63, 3.8) is 0 Å². The molecule has 2 amide bonds. The number of dihydropyridines is 1. The summed E-state index contributed by atoms with van der Waals surface area (Å²) in [5.41, 5.74) is 3.12. The Kier molecular flexibility index (Phi) is 8.74. The van der Waals surface area contributed by atoms with Crippen molar-refractivity contribution in [1.29, 1.82) is 5.26 Å². The van der Waals surface area contributed by atoms with Gasteiger partial charge in [0.05, 0.1) is 35.5 Å². The summed E-state index contributed by atoms with van der Waals surface area (Å²) in [7, 11) is 1.56. The van der Waals surface area contributed by atoms with Gasteiger partial charge in [-0.25, -0.2) is 0 Å². The molecule has 0 saturated heterocycles. The molecule has 0 aromatic heterocycles. The zero-order chi connectivity index (χ0) is 27.1. The Bertz CT molecular complexity index is 1460. The van der Waals surface area contributed by atoms with Crippen LogP contribution < -0.4 is 20.7 Å². The van der Waals surface area contributed by atoms with E-state index in [0.717, 1.165) is 0 Å². The minimum atomic E-state index is -0.720. The number of nitrogens with one attached hydrogen (secondary N) is 3. The van der Waals surface area contributed by atoms with Gasteiger partial charge in [-0.15, -0.1) is 0 Å². The molecule has 7 nitrogen and oxygen atoms in total. The van der Waals surface area contributed by atoms with Gasteiger partial charge in [0, 0.05) is 33.7 Å². The number of nitriles is 1. The molecule has 38 heavy (non-hydrogen) atoms. The smallest absolute Gasteiger partial charge is 0.254 e. The van der Waals surface area contributed by atoms with Gasteiger partial charge < -0.3 is 20.7 Å². The molecule has 0 aliphatic carbocycles. The average molecular weight is 545 g/mol. The number of halogens is 1. The number of thioether (sulfide) groups is 1. The Morgan fingerprint density at radius 1 is 1.03 bits per heavy atom. The zero-order valence-electron chi connectivity index (χ0n) is 20.7. The number of benzene rings is 3. The van der Waals surface area contributed by atoms with Crippen LogP contribution in [0.1, 0.15) is 18.4 Å². The molecule has 1 atom stereocenters. The average Bonchev–Trinajstić information content (AvgIpc) is 2.92. The summed E-state index contributed by atoms with van der Waals surface area (Å²) >= 11 is 7.75. The van der Waals surface area contributed by atoms with Gasteiger partial charge in [-0.3, -0.25) is 9.59 Å². The lowest BCUT2D eigenvalue weighted by atomic mass is 9.82. The van der Waals surface area contributed by atoms with Crippen molar-refractivity contribution < 1.29 is 14.3 Å². The monoisotopic (exact) mass is 544 g/mol. The van der Waals surface area contributed by atoms with E-state index >= 15 is 0 Å². The number of anilines is 2. The lowest BCUT2D eigenvalue weighted by molar-refractivity contribution is -0.114. The SMILES string of the molecule is COc1cccc(NC(=O)CSC2=C(C#N)[C@H](c3ccccc3Cl)C(C(=O)Nc3ccccc3)=C(C)N2)c1. The van der Waals surface area contributed by atoms with E-state index in [1.807, 2.05) is 24.3 Å². The third-order valence-electron chi connectivity index (χ3n) is 5.84. The van der Waals surface area contributed by atoms with E-state index in [0.29, 0.717) is 49.6 Å². The van der Waals surface area contributed by atoms with Crippen LogP contribution >= 0.6 is 23.4 Å². The maximum atomic E-state index is 13.5. The molecule has 1 aliphatic heterocycles. The van der Waals surface area contributed by atoms with Gasteiger partial charge in [0.2, 0.25) is 5.91 Å². The fraction of sp³-hybridized carbons (Fsp3) is 0.138. The summed E-state index contributed by atoms with van der Waals surface area (Å²) in [6, 6.07) is 25.5. The molecule has 3 aromatic rings. The van der Waals surface area contributed by atoms with Crippen molar-refractivity contribution in [1.82, 2.24) is 5.32 Å². The molecule has 0 bridgehead atoms. The van der Waals surface area contributed by atoms with Gasteiger partial charge in [0.1, 0.15) is 5.75 Å². The van der Waals surface area contributed by atoms with Crippen LogP contribution in [-0.4, -0.2) is 24.7 Å². The number of allylic oxidation sites excluding steroid dienone is 2. The summed E-state index contributed by atoms with van der Waals surface area (Å²) in [4.78, 5) is 26.2. The highest BCUT2D eigenvalue weighted by atomic mass is 35.5. The second-order valence-electron chi connectivity index (χ2n) is 8.36. The van der Waals surface area contributed by atoms with Gasteiger partial charge in [0.25, 0.3) is 5.91 Å². The molecule has 0 unspecified atom stereocenters. The fourth-order valence-electron chi connectivity index (χ4n) is 4.10. The first-order valence-corrected chi connectivity index (χ1v) is 13.1. The van der Waals surface area contributed by atoms with Crippen molar-refractivity contribution >= 4 is 46.6 Å². The number of methoxy groups -OCH3 is 1. The quantitative estimate of drug-likeness (QED) is 0.319. The fourth-order valence-corrected chi connectivity index (χ4v) is 5.24. The number of para-hydroxylation sites is 1. The van der Waals surface area contributed by atoms with Crippen molar-refractivity contribution in [2.45, 2.75) is 12.8 Å². The minimum Gasteiger partial charge on any atom is -0.497 e. The van der Waals surface area contributed by atoms with Gasteiger partial charge in [0.15, 0.2) is 0 Å². The maximum Gasteiger partial charge on any atom is 0.254 e. The molecular weight excluding hydrogens is 520 g/mol. The first kappa shape index (κ1) is 26.9. The van der Waals surface area contributed by atoms with E-state index in [-0.39, 0.29) is 17.6 Å². The largest absolute Gasteiger partial charge is 0.497 e. The predicted octanol–water partition coefficient (Wildman–Crippen LogP) is 6.06. The number of rotatable bonds is 8. The topological polar surface area (TPSA) is 103 Å². The summed E-state index contributed by atoms with van der Waals surface area (Å²) in [5, 5.41) is 20.1. The molecule has 1 aliphatic rings. The number of carbonyl (C=O) groups is 2. The normalized spacial score (nSPS) is 14.8. The number of hydrogen-bond donors (Lipinski definition) is 3. The molecule has 9 heteroatoms. The molecule has 192 valence electrons. The highest BCUT2D eigenvalue weighted by Crippen LogP contribution is 2.43. The summed E-state index contributed by atoms with van der Waals surface area (Å²) in [6.07, 6.45) is 0. The van der Waals surface area contributed by atoms with Gasteiger partial charge in [-0.1, -0.05) is 65.8 Å². The lowest BCUT2D eigenvalue weighted by Gasteiger charge is -2.30. The van der Waals surface area contributed by atoms with Crippen LogP contribution in [0, 0.1) is 11.3 Å². The van der Waals surface area contributed by atoms with Crippen molar-refractivity contribution in [3.05, 3.63) is 111 Å². The first-order chi connectivity index (χ1) is 18.4. The van der Waals surface area contributed by atoms with Crippen LogP contribution in [0.5, 0.6) is 5.75 Å². The highest BCUT2D eigenvalue weighted by Gasteiger charge is 2.35. The molecule has 3 aromatic carbocycles.